The molecule has 1 saturated heterocycles. The lowest BCUT2D eigenvalue weighted by molar-refractivity contribution is -0.389. The number of H-pyrrole nitrogens is 1. The van der Waals surface area contributed by atoms with E-state index in [1.165, 1.54) is 12.1 Å². The smallest absolute Gasteiger partial charge is 0.321 e. The number of aromatic nitrogens is 1. The Labute approximate surface area is 129 Å². The third kappa shape index (κ3) is 4.18. The largest absolute Gasteiger partial charge is 0.358 e. The van der Waals surface area contributed by atoms with Gasteiger partial charge in [0.15, 0.2) is 5.69 Å². The third-order valence-electron chi connectivity index (χ3n) is 3.57. The Morgan fingerprint density at radius 2 is 2.10 bits per heavy atom. The quantitative estimate of drug-likeness (QED) is 0.641. The Hall–Kier alpha value is -1.60. The molecule has 7 nitrogen and oxygen atoms in total. The van der Waals surface area contributed by atoms with E-state index in [1.54, 1.807) is 0 Å². The van der Waals surface area contributed by atoms with Crippen molar-refractivity contribution in [1.82, 2.24) is 15.2 Å². The van der Waals surface area contributed by atoms with Gasteiger partial charge in [0.1, 0.15) is 0 Å². The van der Waals surface area contributed by atoms with E-state index in [0.717, 1.165) is 32.4 Å². The average molecular weight is 317 g/mol. The van der Waals surface area contributed by atoms with E-state index in [0.29, 0.717) is 12.2 Å². The van der Waals surface area contributed by atoms with Crippen molar-refractivity contribution in [3.05, 3.63) is 27.9 Å². The fourth-order valence-corrected chi connectivity index (χ4v) is 2.58. The van der Waals surface area contributed by atoms with Crippen LogP contribution >= 0.6 is 12.4 Å². The molecule has 0 bridgehead atoms. The number of nitro groups is 1. The number of aromatic amines is 1. The molecule has 1 aromatic heterocycles. The minimum Gasteiger partial charge on any atom is -0.358 e. The maximum absolute atomic E-state index is 12.5. The first-order valence-electron chi connectivity index (χ1n) is 6.98. The summed E-state index contributed by atoms with van der Waals surface area (Å²) >= 11 is 0. The van der Waals surface area contributed by atoms with Gasteiger partial charge in [-0.1, -0.05) is 6.92 Å². The summed E-state index contributed by atoms with van der Waals surface area (Å²) in [5.41, 5.74) is 0.295. The molecule has 0 spiro atoms. The first-order valence-corrected chi connectivity index (χ1v) is 6.98. The lowest BCUT2D eigenvalue weighted by Gasteiger charge is -2.33. The molecule has 1 aliphatic heterocycles. The SMILES string of the molecule is CCCN(C(=O)c1ccc([N+](=O)[O-])[nH]1)C1CCNCC1.Cl. The van der Waals surface area contributed by atoms with Gasteiger partial charge in [0.05, 0.1) is 0 Å². The molecule has 2 heterocycles. The van der Waals surface area contributed by atoms with Gasteiger partial charge in [-0.15, -0.1) is 12.4 Å². The van der Waals surface area contributed by atoms with E-state index in [1.807, 2.05) is 11.8 Å². The van der Waals surface area contributed by atoms with Crippen molar-refractivity contribution in [3.63, 3.8) is 0 Å². The number of carbonyl (C=O) groups is 1. The Morgan fingerprint density at radius 1 is 1.43 bits per heavy atom. The summed E-state index contributed by atoms with van der Waals surface area (Å²) in [4.78, 5) is 27.1. The van der Waals surface area contributed by atoms with Gasteiger partial charge in [0.25, 0.3) is 5.91 Å². The minimum absolute atomic E-state index is 0. The molecule has 1 amide bonds. The Morgan fingerprint density at radius 3 is 2.62 bits per heavy atom. The summed E-state index contributed by atoms with van der Waals surface area (Å²) in [6, 6.07) is 3.04. The second kappa shape index (κ2) is 7.99. The van der Waals surface area contributed by atoms with Crippen LogP contribution < -0.4 is 5.32 Å². The lowest BCUT2D eigenvalue weighted by Crippen LogP contribution is -2.46. The average Bonchev–Trinajstić information content (AvgIpc) is 2.95. The van der Waals surface area contributed by atoms with Crippen molar-refractivity contribution < 1.29 is 9.72 Å². The number of halogens is 1. The predicted molar refractivity (Wildman–Crippen MR) is 81.9 cm³/mol. The van der Waals surface area contributed by atoms with E-state index in [2.05, 4.69) is 10.3 Å². The summed E-state index contributed by atoms with van der Waals surface area (Å²) in [5, 5.41) is 13.9. The summed E-state index contributed by atoms with van der Waals surface area (Å²) < 4.78 is 0. The molecule has 1 aromatic rings. The van der Waals surface area contributed by atoms with Gasteiger partial charge in [-0.3, -0.25) is 4.79 Å². The molecule has 1 fully saturated rings. The number of nitrogens with zero attached hydrogens (tertiary/aromatic N) is 2. The van der Waals surface area contributed by atoms with Crippen molar-refractivity contribution >= 4 is 24.1 Å². The van der Waals surface area contributed by atoms with Crippen molar-refractivity contribution in [2.45, 2.75) is 32.2 Å². The topological polar surface area (TPSA) is 91.3 Å². The second-order valence-corrected chi connectivity index (χ2v) is 4.99. The normalized spacial score (nSPS) is 15.3. The number of hydrogen-bond donors (Lipinski definition) is 2. The van der Waals surface area contributed by atoms with Gasteiger partial charge >= 0.3 is 5.82 Å². The number of nitrogens with one attached hydrogen (secondary N) is 2. The van der Waals surface area contributed by atoms with Gasteiger partial charge in [-0.05, 0) is 43.3 Å². The molecule has 0 saturated carbocycles. The summed E-state index contributed by atoms with van der Waals surface area (Å²) in [6.45, 7) is 4.51. The molecule has 0 unspecified atom stereocenters. The number of hydrogen-bond acceptors (Lipinski definition) is 4. The number of carbonyl (C=O) groups excluding carboxylic acids is 1. The van der Waals surface area contributed by atoms with Crippen LogP contribution in [-0.2, 0) is 0 Å². The van der Waals surface area contributed by atoms with E-state index < -0.39 is 4.92 Å². The van der Waals surface area contributed by atoms with Crippen molar-refractivity contribution in [3.8, 4) is 0 Å². The molecule has 8 heteroatoms. The maximum atomic E-state index is 12.5. The van der Waals surface area contributed by atoms with Gasteiger partial charge < -0.3 is 20.3 Å². The maximum Gasteiger partial charge on any atom is 0.321 e. The van der Waals surface area contributed by atoms with Gasteiger partial charge in [0, 0.05) is 18.7 Å². The number of amides is 1. The first-order chi connectivity index (χ1) is 9.63. The van der Waals surface area contributed by atoms with E-state index >= 15 is 0 Å². The highest BCUT2D eigenvalue weighted by atomic mass is 35.5. The molecule has 118 valence electrons. The van der Waals surface area contributed by atoms with Crippen LogP contribution in [0.15, 0.2) is 12.1 Å². The molecule has 0 aromatic carbocycles. The molecule has 0 atom stereocenters. The number of rotatable bonds is 5. The van der Waals surface area contributed by atoms with Crippen LogP contribution in [0.3, 0.4) is 0 Å². The van der Waals surface area contributed by atoms with E-state index in [9.17, 15) is 14.9 Å². The van der Waals surface area contributed by atoms with Gasteiger partial charge in [-0.25, -0.2) is 4.98 Å². The van der Waals surface area contributed by atoms with Crippen LogP contribution in [0.1, 0.15) is 36.7 Å². The third-order valence-corrected chi connectivity index (χ3v) is 3.57. The molecule has 0 radical (unpaired) electrons. The fourth-order valence-electron chi connectivity index (χ4n) is 2.58. The van der Waals surface area contributed by atoms with Gasteiger partial charge in [-0.2, -0.15) is 0 Å². The molecule has 2 N–H and O–H groups in total. The molecule has 21 heavy (non-hydrogen) atoms. The first kappa shape index (κ1) is 17.5. The number of piperidine rings is 1. The van der Waals surface area contributed by atoms with Crippen LogP contribution in [0.4, 0.5) is 5.82 Å². The zero-order valence-electron chi connectivity index (χ0n) is 12.0. The van der Waals surface area contributed by atoms with Crippen molar-refractivity contribution in [2.24, 2.45) is 0 Å². The zero-order valence-corrected chi connectivity index (χ0v) is 12.8. The Kier molecular flexibility index (Phi) is 6.64. The highest BCUT2D eigenvalue weighted by Crippen LogP contribution is 2.18. The van der Waals surface area contributed by atoms with Crippen LogP contribution in [0.5, 0.6) is 0 Å². The van der Waals surface area contributed by atoms with Crippen LogP contribution in [0, 0.1) is 10.1 Å². The van der Waals surface area contributed by atoms with Crippen LogP contribution in [0.2, 0.25) is 0 Å². The predicted octanol–water partition coefficient (Wildman–Crippen LogP) is 1.95. The monoisotopic (exact) mass is 316 g/mol. The molecule has 0 aliphatic carbocycles. The van der Waals surface area contributed by atoms with Gasteiger partial charge in [0.2, 0.25) is 0 Å². The summed E-state index contributed by atoms with van der Waals surface area (Å²) in [5.74, 6) is -0.290. The minimum atomic E-state index is -0.522. The fraction of sp³-hybridized carbons (Fsp3) is 0.615. The highest BCUT2D eigenvalue weighted by molar-refractivity contribution is 5.93. The zero-order chi connectivity index (χ0) is 14.5. The van der Waals surface area contributed by atoms with Crippen LogP contribution in [0.25, 0.3) is 0 Å². The Bertz CT molecular complexity index is 486. The molecule has 1 aliphatic rings. The van der Waals surface area contributed by atoms with Crippen LogP contribution in [-0.4, -0.2) is 46.4 Å². The van der Waals surface area contributed by atoms with Crippen molar-refractivity contribution in [1.29, 1.82) is 0 Å². The highest BCUT2D eigenvalue weighted by Gasteiger charge is 2.28. The summed E-state index contributed by atoms with van der Waals surface area (Å²) in [6.07, 6.45) is 2.72. The molecular weight excluding hydrogens is 296 g/mol. The standard InChI is InChI=1S/C13H20N4O3.ClH/c1-2-9-16(10-5-7-14-8-6-10)13(18)11-3-4-12(15-11)17(19)20;/h3-4,10,14-15H,2,5-9H2,1H3;1H. The molecule has 2 rings (SSSR count). The van der Waals surface area contributed by atoms with E-state index in [-0.39, 0.29) is 30.2 Å². The Balaban J connectivity index is 0.00000220. The molecular formula is C13H21ClN4O3. The summed E-state index contributed by atoms with van der Waals surface area (Å²) in [7, 11) is 0. The lowest BCUT2D eigenvalue weighted by atomic mass is 10.0. The second-order valence-electron chi connectivity index (χ2n) is 4.99. The van der Waals surface area contributed by atoms with Crippen molar-refractivity contribution in [2.75, 3.05) is 19.6 Å². The van der Waals surface area contributed by atoms with E-state index in [4.69, 9.17) is 0 Å².